The van der Waals surface area contributed by atoms with Crippen molar-refractivity contribution >= 4 is 61.0 Å². The van der Waals surface area contributed by atoms with Crippen LogP contribution in [-0.2, 0) is 0 Å². The molecular weight excluding hydrogens is 617 g/mol. The van der Waals surface area contributed by atoms with Crippen molar-refractivity contribution in [3.63, 3.8) is 0 Å². The molecule has 0 saturated heterocycles. The molecule has 0 bridgehead atoms. The van der Waals surface area contributed by atoms with E-state index in [0.29, 0.717) is 0 Å². The van der Waals surface area contributed by atoms with Gasteiger partial charge in [-0.1, -0.05) is 117 Å². The zero-order chi connectivity index (χ0) is 26.8. The third-order valence-corrected chi connectivity index (χ3v) is 9.17. The molecule has 6 aromatic rings. The second kappa shape index (κ2) is 9.37. The lowest BCUT2D eigenvalue weighted by molar-refractivity contribution is 1.34. The highest BCUT2D eigenvalue weighted by Crippen LogP contribution is 2.48. The van der Waals surface area contributed by atoms with Gasteiger partial charge in [-0.25, -0.2) is 0 Å². The molecule has 0 atom stereocenters. The Kier molecular flexibility index (Phi) is 5.62. The first kappa shape index (κ1) is 24.0. The molecule has 6 aromatic carbocycles. The molecule has 2 aliphatic rings. The van der Waals surface area contributed by atoms with Gasteiger partial charge in [0.25, 0.3) is 0 Å². The fourth-order valence-corrected chi connectivity index (χ4v) is 7.12. The Morgan fingerprint density at radius 2 is 0.850 bits per heavy atom. The van der Waals surface area contributed by atoms with Crippen LogP contribution in [0.5, 0.6) is 0 Å². The number of fused-ring (bicyclic) bond motifs is 11. The van der Waals surface area contributed by atoms with Gasteiger partial charge in [0, 0.05) is 31.4 Å². The summed E-state index contributed by atoms with van der Waals surface area (Å²) in [5, 5.41) is 0. The molecule has 1 nitrogen and oxygen atoms in total. The van der Waals surface area contributed by atoms with E-state index in [0.717, 1.165) is 8.95 Å². The van der Waals surface area contributed by atoms with Crippen molar-refractivity contribution in [1.29, 1.82) is 0 Å². The lowest BCUT2D eigenvalue weighted by Gasteiger charge is -2.43. The third-order valence-electron chi connectivity index (χ3n) is 8.18. The number of rotatable bonds is 2. The van der Waals surface area contributed by atoms with Crippen molar-refractivity contribution in [1.82, 2.24) is 0 Å². The molecular formula is C36H22BBr2N. The van der Waals surface area contributed by atoms with Crippen molar-refractivity contribution in [3.05, 3.63) is 142 Å². The predicted octanol–water partition coefficient (Wildman–Crippen LogP) is 9.45. The first-order chi connectivity index (χ1) is 19.7. The molecule has 0 unspecified atom stereocenters. The highest BCUT2D eigenvalue weighted by molar-refractivity contribution is 9.10. The van der Waals surface area contributed by atoms with E-state index in [1.165, 1.54) is 66.8 Å². The first-order valence-electron chi connectivity index (χ1n) is 13.4. The molecule has 0 fully saturated rings. The third kappa shape index (κ3) is 3.74. The highest BCUT2D eigenvalue weighted by Gasteiger charge is 2.42. The van der Waals surface area contributed by atoms with Crippen LogP contribution in [0.25, 0.3) is 44.5 Å². The van der Waals surface area contributed by atoms with Gasteiger partial charge >= 0.3 is 6.85 Å². The van der Waals surface area contributed by atoms with Gasteiger partial charge in [-0.15, -0.1) is 0 Å². The van der Waals surface area contributed by atoms with Crippen molar-refractivity contribution in [2.75, 3.05) is 4.81 Å². The largest absolute Gasteiger partial charge is 0.376 e. The van der Waals surface area contributed by atoms with Crippen LogP contribution >= 0.6 is 31.9 Å². The monoisotopic (exact) mass is 637 g/mol. The molecule has 4 heteroatoms. The summed E-state index contributed by atoms with van der Waals surface area (Å²) in [4.78, 5) is 2.54. The minimum Gasteiger partial charge on any atom is -0.376 e. The maximum absolute atomic E-state index is 3.77. The van der Waals surface area contributed by atoms with Gasteiger partial charge in [0.2, 0.25) is 0 Å². The molecule has 2 heterocycles. The highest BCUT2D eigenvalue weighted by atomic mass is 79.9. The standard InChI is InChI=1S/C36H22BBr2N/c38-27-13-17-35-31(21-27)29-19-25(23-7-3-1-4-8-23)11-15-33(29)37-34-16-12-26(24-9-5-2-6-10-24)20-30(34)32-22-28(39)14-18-36(32)40(35)37/h1-22H. The van der Waals surface area contributed by atoms with Crippen molar-refractivity contribution in [2.24, 2.45) is 0 Å². The number of hydrogen-bond donors (Lipinski definition) is 0. The van der Waals surface area contributed by atoms with Gasteiger partial charge in [0.05, 0.1) is 0 Å². The summed E-state index contributed by atoms with van der Waals surface area (Å²) >= 11 is 7.53. The van der Waals surface area contributed by atoms with Crippen LogP contribution in [0, 0.1) is 0 Å². The topological polar surface area (TPSA) is 3.24 Å². The summed E-state index contributed by atoms with van der Waals surface area (Å²) in [7, 11) is 0. The van der Waals surface area contributed by atoms with Gasteiger partial charge in [0.1, 0.15) is 0 Å². The Hall–Kier alpha value is -3.86. The molecule has 8 rings (SSSR count). The number of benzene rings is 6. The van der Waals surface area contributed by atoms with E-state index in [-0.39, 0.29) is 6.85 Å². The van der Waals surface area contributed by atoms with E-state index in [9.17, 15) is 0 Å². The summed E-state index contributed by atoms with van der Waals surface area (Å²) in [5.74, 6) is 0. The van der Waals surface area contributed by atoms with E-state index in [4.69, 9.17) is 0 Å². The lowest BCUT2D eigenvalue weighted by Crippen LogP contribution is -2.59. The van der Waals surface area contributed by atoms with Gasteiger partial charge in [-0.2, -0.15) is 0 Å². The molecule has 0 spiro atoms. The fraction of sp³-hybridized carbons (Fsp3) is 0. The molecule has 0 aliphatic carbocycles. The van der Waals surface area contributed by atoms with E-state index < -0.39 is 0 Å². The average molecular weight is 639 g/mol. The van der Waals surface area contributed by atoms with Crippen LogP contribution in [0.4, 0.5) is 11.4 Å². The molecule has 2 aliphatic heterocycles. The molecule has 0 amide bonds. The quantitative estimate of drug-likeness (QED) is 0.171. The minimum absolute atomic E-state index is 0.0713. The maximum atomic E-state index is 3.77. The SMILES string of the molecule is Brc1ccc2c(c1)-c1cc(-c3ccccc3)ccc1B1c3ccc(-c4ccccc4)cc3-c3cc(Br)ccc3N12. The first-order valence-corrected chi connectivity index (χ1v) is 15.0. The molecule has 0 N–H and O–H groups in total. The molecule has 0 radical (unpaired) electrons. The van der Waals surface area contributed by atoms with Crippen LogP contribution in [-0.4, -0.2) is 6.85 Å². The summed E-state index contributed by atoms with van der Waals surface area (Å²) < 4.78 is 2.17. The second-order valence-electron chi connectivity index (χ2n) is 10.4. The van der Waals surface area contributed by atoms with Crippen LogP contribution in [0.15, 0.2) is 142 Å². The number of hydrogen-bond acceptors (Lipinski definition) is 1. The normalized spacial score (nSPS) is 12.7. The molecule has 0 aromatic heterocycles. The Bertz CT molecular complexity index is 1790. The number of anilines is 2. The van der Waals surface area contributed by atoms with Crippen LogP contribution in [0.2, 0.25) is 0 Å². The average Bonchev–Trinajstić information content (AvgIpc) is 3.01. The van der Waals surface area contributed by atoms with E-state index in [2.05, 4.69) is 170 Å². The summed E-state index contributed by atoms with van der Waals surface area (Å²) in [6.07, 6.45) is 0. The molecule has 0 saturated carbocycles. The van der Waals surface area contributed by atoms with Crippen LogP contribution < -0.4 is 15.7 Å². The number of halogens is 2. The smallest absolute Gasteiger partial charge is 0.329 e. The maximum Gasteiger partial charge on any atom is 0.329 e. The zero-order valence-corrected chi connectivity index (χ0v) is 24.7. The van der Waals surface area contributed by atoms with Crippen LogP contribution in [0.3, 0.4) is 0 Å². The van der Waals surface area contributed by atoms with E-state index in [1.54, 1.807) is 0 Å². The Morgan fingerprint density at radius 1 is 0.400 bits per heavy atom. The summed E-state index contributed by atoms with van der Waals surface area (Å²) in [6.45, 7) is 0.0713. The second-order valence-corrected chi connectivity index (χ2v) is 12.3. The minimum atomic E-state index is 0.0713. The van der Waals surface area contributed by atoms with E-state index in [1.807, 2.05) is 0 Å². The van der Waals surface area contributed by atoms with Gasteiger partial charge in [-0.3, -0.25) is 0 Å². The Labute approximate surface area is 251 Å². The van der Waals surface area contributed by atoms with E-state index >= 15 is 0 Å². The Balaban J connectivity index is 1.41. The van der Waals surface area contributed by atoms with Gasteiger partial charge in [-0.05, 0) is 92.8 Å². The lowest BCUT2D eigenvalue weighted by atomic mass is 9.43. The predicted molar refractivity (Wildman–Crippen MR) is 177 cm³/mol. The van der Waals surface area contributed by atoms with Gasteiger partial charge in [0.15, 0.2) is 0 Å². The van der Waals surface area contributed by atoms with Crippen LogP contribution in [0.1, 0.15) is 0 Å². The zero-order valence-electron chi connectivity index (χ0n) is 21.5. The van der Waals surface area contributed by atoms with Crippen molar-refractivity contribution in [2.45, 2.75) is 0 Å². The molecule has 188 valence electrons. The fourth-order valence-electron chi connectivity index (χ4n) is 6.40. The van der Waals surface area contributed by atoms with Crippen molar-refractivity contribution < 1.29 is 0 Å². The summed E-state index contributed by atoms with van der Waals surface area (Å²) in [5.41, 5.74) is 15.1. The molecule has 40 heavy (non-hydrogen) atoms. The van der Waals surface area contributed by atoms with Crippen molar-refractivity contribution in [3.8, 4) is 44.5 Å². The van der Waals surface area contributed by atoms with Gasteiger partial charge < -0.3 is 4.81 Å². The summed E-state index contributed by atoms with van der Waals surface area (Å²) in [6, 6.07) is 48.7. The Morgan fingerprint density at radius 3 is 1.30 bits per heavy atom. The number of nitrogens with zero attached hydrogens (tertiary/aromatic N) is 1.